The standard InChI is InChI=1S/C19H19FN4O3/c1-12-14(20)7-5-8-15(12)21-19(26)16-10-24(23-22-16)11-17(25)13-6-3-4-9-18(13)27-2/h3-10,17,25H,11H2,1-2H3,(H,21,26). The molecule has 2 N–H and O–H groups in total. The van der Waals surface area contributed by atoms with E-state index in [9.17, 15) is 14.3 Å². The minimum atomic E-state index is -0.885. The lowest BCUT2D eigenvalue weighted by Gasteiger charge is -2.14. The summed E-state index contributed by atoms with van der Waals surface area (Å²) in [6.07, 6.45) is 0.534. The van der Waals surface area contributed by atoms with E-state index in [-0.39, 0.29) is 12.2 Å². The van der Waals surface area contributed by atoms with Crippen molar-refractivity contribution in [2.75, 3.05) is 12.4 Å². The van der Waals surface area contributed by atoms with Gasteiger partial charge in [0, 0.05) is 16.8 Å². The van der Waals surface area contributed by atoms with Gasteiger partial charge < -0.3 is 15.2 Å². The van der Waals surface area contributed by atoms with E-state index in [1.165, 1.54) is 30.1 Å². The van der Waals surface area contributed by atoms with Crippen LogP contribution in [0.2, 0.25) is 0 Å². The average Bonchev–Trinajstić information content (AvgIpc) is 3.14. The lowest BCUT2D eigenvalue weighted by molar-refractivity contribution is 0.102. The number of amides is 1. The molecule has 0 saturated carbocycles. The predicted octanol–water partition coefficient (Wildman–Crippen LogP) is 2.72. The minimum absolute atomic E-state index is 0.0610. The molecule has 1 atom stereocenters. The Labute approximate surface area is 155 Å². The third-order valence-electron chi connectivity index (χ3n) is 4.15. The molecular formula is C19H19FN4O3. The molecule has 0 fully saturated rings. The van der Waals surface area contributed by atoms with Crippen LogP contribution in [0, 0.1) is 12.7 Å². The molecule has 0 bridgehead atoms. The number of halogens is 1. The molecule has 140 valence electrons. The van der Waals surface area contributed by atoms with E-state index in [0.29, 0.717) is 22.6 Å². The Balaban J connectivity index is 1.71. The summed E-state index contributed by atoms with van der Waals surface area (Å²) in [6.45, 7) is 1.67. The maximum Gasteiger partial charge on any atom is 0.277 e. The number of carbonyl (C=O) groups excluding carboxylic acids is 1. The van der Waals surface area contributed by atoms with Gasteiger partial charge in [-0.25, -0.2) is 9.07 Å². The number of anilines is 1. The van der Waals surface area contributed by atoms with Gasteiger partial charge in [-0.3, -0.25) is 4.79 Å². The zero-order valence-corrected chi connectivity index (χ0v) is 14.9. The molecule has 0 aliphatic carbocycles. The number of nitrogens with zero attached hydrogens (tertiary/aromatic N) is 3. The van der Waals surface area contributed by atoms with Crippen LogP contribution in [0.15, 0.2) is 48.7 Å². The van der Waals surface area contributed by atoms with Crippen LogP contribution < -0.4 is 10.1 Å². The molecule has 0 saturated heterocycles. The molecule has 27 heavy (non-hydrogen) atoms. The van der Waals surface area contributed by atoms with Gasteiger partial charge in [-0.15, -0.1) is 5.10 Å². The van der Waals surface area contributed by atoms with Gasteiger partial charge in [0.15, 0.2) is 5.69 Å². The highest BCUT2D eigenvalue weighted by Crippen LogP contribution is 2.25. The lowest BCUT2D eigenvalue weighted by atomic mass is 10.1. The summed E-state index contributed by atoms with van der Waals surface area (Å²) in [5.41, 5.74) is 1.37. The third-order valence-corrected chi connectivity index (χ3v) is 4.15. The first-order valence-corrected chi connectivity index (χ1v) is 8.27. The summed E-state index contributed by atoms with van der Waals surface area (Å²) >= 11 is 0. The van der Waals surface area contributed by atoms with Crippen molar-refractivity contribution in [2.24, 2.45) is 0 Å². The summed E-state index contributed by atoms with van der Waals surface area (Å²) in [4.78, 5) is 12.3. The van der Waals surface area contributed by atoms with Crippen molar-refractivity contribution in [1.29, 1.82) is 0 Å². The van der Waals surface area contributed by atoms with Crippen LogP contribution in [0.4, 0.5) is 10.1 Å². The summed E-state index contributed by atoms with van der Waals surface area (Å²) in [6, 6.07) is 11.5. The van der Waals surface area contributed by atoms with Gasteiger partial charge in [0.25, 0.3) is 5.91 Å². The van der Waals surface area contributed by atoms with Crippen molar-refractivity contribution in [1.82, 2.24) is 15.0 Å². The number of ether oxygens (including phenoxy) is 1. The number of nitrogens with one attached hydrogen (secondary N) is 1. The molecule has 0 aliphatic heterocycles. The molecule has 1 unspecified atom stereocenters. The first kappa shape index (κ1) is 18.5. The second-order valence-electron chi connectivity index (χ2n) is 5.95. The van der Waals surface area contributed by atoms with Gasteiger partial charge in [0.1, 0.15) is 17.7 Å². The number of aromatic nitrogens is 3. The lowest BCUT2D eigenvalue weighted by Crippen LogP contribution is -2.14. The number of methoxy groups -OCH3 is 1. The second-order valence-corrected chi connectivity index (χ2v) is 5.95. The summed E-state index contributed by atoms with van der Waals surface area (Å²) in [5, 5.41) is 20.7. The first-order chi connectivity index (χ1) is 13.0. The number of rotatable bonds is 6. The van der Waals surface area contributed by atoms with Crippen molar-refractivity contribution in [2.45, 2.75) is 19.6 Å². The van der Waals surface area contributed by atoms with Crippen molar-refractivity contribution >= 4 is 11.6 Å². The fraction of sp³-hybridized carbons (Fsp3) is 0.211. The number of para-hydroxylation sites is 1. The predicted molar refractivity (Wildman–Crippen MR) is 97.1 cm³/mol. The number of carbonyl (C=O) groups is 1. The maximum atomic E-state index is 13.6. The van der Waals surface area contributed by atoms with E-state index in [0.717, 1.165) is 0 Å². The van der Waals surface area contributed by atoms with Gasteiger partial charge in [-0.1, -0.05) is 29.5 Å². The van der Waals surface area contributed by atoms with Crippen LogP contribution >= 0.6 is 0 Å². The number of hydrogen-bond donors (Lipinski definition) is 2. The van der Waals surface area contributed by atoms with Gasteiger partial charge in [-0.2, -0.15) is 0 Å². The SMILES string of the molecule is COc1ccccc1C(O)Cn1cc(C(=O)Nc2cccc(F)c2C)nn1. The smallest absolute Gasteiger partial charge is 0.277 e. The molecule has 0 aliphatic rings. The van der Waals surface area contributed by atoms with Crippen LogP contribution in [0.3, 0.4) is 0 Å². The van der Waals surface area contributed by atoms with Crippen LogP contribution in [0.5, 0.6) is 5.75 Å². The van der Waals surface area contributed by atoms with Crippen molar-refractivity contribution in [3.63, 3.8) is 0 Å². The Morgan fingerprint density at radius 1 is 1.30 bits per heavy atom. The van der Waals surface area contributed by atoms with Gasteiger partial charge in [-0.05, 0) is 25.1 Å². The van der Waals surface area contributed by atoms with E-state index in [4.69, 9.17) is 4.74 Å². The Kier molecular flexibility index (Phi) is 5.46. The van der Waals surface area contributed by atoms with Crippen LogP contribution in [0.25, 0.3) is 0 Å². The molecule has 0 radical (unpaired) electrons. The molecule has 8 heteroatoms. The molecule has 2 aromatic carbocycles. The number of hydrogen-bond acceptors (Lipinski definition) is 5. The monoisotopic (exact) mass is 370 g/mol. The number of benzene rings is 2. The Morgan fingerprint density at radius 2 is 2.07 bits per heavy atom. The topological polar surface area (TPSA) is 89.3 Å². The van der Waals surface area contributed by atoms with E-state index in [1.54, 1.807) is 37.3 Å². The van der Waals surface area contributed by atoms with E-state index in [1.807, 2.05) is 0 Å². The Hall–Kier alpha value is -3.26. The fourth-order valence-corrected chi connectivity index (χ4v) is 2.64. The Morgan fingerprint density at radius 3 is 2.85 bits per heavy atom. The first-order valence-electron chi connectivity index (χ1n) is 8.27. The molecule has 0 spiro atoms. The highest BCUT2D eigenvalue weighted by atomic mass is 19.1. The molecular weight excluding hydrogens is 351 g/mol. The molecule has 1 amide bonds. The molecule has 7 nitrogen and oxygen atoms in total. The van der Waals surface area contributed by atoms with Crippen molar-refractivity contribution in [3.8, 4) is 5.75 Å². The van der Waals surface area contributed by atoms with E-state index in [2.05, 4.69) is 15.6 Å². The summed E-state index contributed by atoms with van der Waals surface area (Å²) in [5.74, 6) is -0.359. The normalized spacial score (nSPS) is 11.9. The molecule has 1 heterocycles. The zero-order valence-electron chi connectivity index (χ0n) is 14.9. The van der Waals surface area contributed by atoms with Crippen LogP contribution in [-0.4, -0.2) is 33.1 Å². The third kappa shape index (κ3) is 4.12. The fourth-order valence-electron chi connectivity index (χ4n) is 2.64. The van der Waals surface area contributed by atoms with Crippen molar-refractivity contribution in [3.05, 3.63) is 71.3 Å². The second kappa shape index (κ2) is 7.96. The molecule has 1 aromatic heterocycles. The van der Waals surface area contributed by atoms with Crippen LogP contribution in [-0.2, 0) is 6.54 Å². The van der Waals surface area contributed by atoms with Gasteiger partial charge in [0.05, 0.1) is 19.9 Å². The van der Waals surface area contributed by atoms with Crippen LogP contribution in [0.1, 0.15) is 27.7 Å². The average molecular weight is 370 g/mol. The highest BCUT2D eigenvalue weighted by Gasteiger charge is 2.17. The Bertz CT molecular complexity index is 958. The van der Waals surface area contributed by atoms with E-state index >= 15 is 0 Å². The summed E-state index contributed by atoms with van der Waals surface area (Å²) < 4.78 is 20.2. The maximum absolute atomic E-state index is 13.6. The quantitative estimate of drug-likeness (QED) is 0.696. The minimum Gasteiger partial charge on any atom is -0.496 e. The van der Waals surface area contributed by atoms with E-state index < -0.39 is 17.8 Å². The van der Waals surface area contributed by atoms with Gasteiger partial charge in [0.2, 0.25) is 0 Å². The van der Waals surface area contributed by atoms with Gasteiger partial charge >= 0.3 is 0 Å². The number of aliphatic hydroxyl groups excluding tert-OH is 1. The zero-order chi connectivity index (χ0) is 19.4. The number of aliphatic hydroxyl groups is 1. The molecule has 3 aromatic rings. The largest absolute Gasteiger partial charge is 0.496 e. The summed E-state index contributed by atoms with van der Waals surface area (Å²) in [7, 11) is 1.53. The highest BCUT2D eigenvalue weighted by molar-refractivity contribution is 6.03. The van der Waals surface area contributed by atoms with Crippen molar-refractivity contribution < 1.29 is 19.0 Å². The molecule has 3 rings (SSSR count).